The van der Waals surface area contributed by atoms with Gasteiger partial charge in [-0.05, 0) is 76.1 Å². The lowest BCUT2D eigenvalue weighted by Crippen LogP contribution is -2.47. The largest absolute Gasteiger partial charge is 0.497 e. The summed E-state index contributed by atoms with van der Waals surface area (Å²) in [7, 11) is 7.69. The fourth-order valence-electron chi connectivity index (χ4n) is 5.07. The van der Waals surface area contributed by atoms with Crippen molar-refractivity contribution in [2.24, 2.45) is 5.92 Å². The molecular formula is C32H49N3O5. The molecule has 0 spiro atoms. The number of hydrogen-bond donors (Lipinski definition) is 1. The number of hydrogen-bond acceptors (Lipinski definition) is 7. The minimum Gasteiger partial charge on any atom is -0.497 e. The van der Waals surface area contributed by atoms with Crippen molar-refractivity contribution in [2.45, 2.75) is 64.8 Å². The zero-order valence-electron chi connectivity index (χ0n) is 25.4. The second kappa shape index (κ2) is 15.3. The summed E-state index contributed by atoms with van der Waals surface area (Å²) in [6, 6.07) is 13.5. The molecule has 0 fully saturated rings. The van der Waals surface area contributed by atoms with E-state index in [4.69, 9.17) is 14.2 Å². The minimum absolute atomic E-state index is 0.0336. The SMILES string of the molecule is COc1ccc(CN(C)C[C@@H]2OCCCC[C@@H](C)Oc3ccc(N(C)C)cc3C(=O)N([C@@H](C)CO)C[C@H]2C)cc1. The van der Waals surface area contributed by atoms with Gasteiger partial charge >= 0.3 is 0 Å². The zero-order valence-corrected chi connectivity index (χ0v) is 25.4. The molecule has 0 bridgehead atoms. The molecule has 3 rings (SSSR count). The lowest BCUT2D eigenvalue weighted by molar-refractivity contribution is -0.0177. The molecule has 4 atom stereocenters. The van der Waals surface area contributed by atoms with Crippen LogP contribution in [0.3, 0.4) is 0 Å². The van der Waals surface area contributed by atoms with Crippen LogP contribution >= 0.6 is 0 Å². The van der Waals surface area contributed by atoms with E-state index in [2.05, 4.69) is 31.0 Å². The molecule has 222 valence electrons. The summed E-state index contributed by atoms with van der Waals surface area (Å²) in [5, 5.41) is 10.1. The van der Waals surface area contributed by atoms with Crippen molar-refractivity contribution in [1.29, 1.82) is 0 Å². The third kappa shape index (κ3) is 8.85. The second-order valence-corrected chi connectivity index (χ2v) is 11.4. The van der Waals surface area contributed by atoms with Crippen LogP contribution in [0.25, 0.3) is 0 Å². The Hall–Kier alpha value is -2.81. The van der Waals surface area contributed by atoms with E-state index in [9.17, 15) is 9.90 Å². The van der Waals surface area contributed by atoms with Gasteiger partial charge in [-0.25, -0.2) is 0 Å². The number of anilines is 1. The smallest absolute Gasteiger partial charge is 0.258 e. The Bertz CT molecular complexity index is 1060. The van der Waals surface area contributed by atoms with Crippen LogP contribution < -0.4 is 14.4 Å². The van der Waals surface area contributed by atoms with E-state index in [1.807, 2.05) is 63.2 Å². The first-order valence-corrected chi connectivity index (χ1v) is 14.5. The van der Waals surface area contributed by atoms with Crippen molar-refractivity contribution < 1.29 is 24.1 Å². The van der Waals surface area contributed by atoms with Crippen LogP contribution in [0.5, 0.6) is 11.5 Å². The Morgan fingerprint density at radius 3 is 2.48 bits per heavy atom. The average molecular weight is 556 g/mol. The maximum absolute atomic E-state index is 14.1. The number of carbonyl (C=O) groups excluding carboxylic acids is 1. The highest BCUT2D eigenvalue weighted by Crippen LogP contribution is 2.29. The highest BCUT2D eigenvalue weighted by Gasteiger charge is 2.30. The first-order valence-electron chi connectivity index (χ1n) is 14.5. The first kappa shape index (κ1) is 31.7. The van der Waals surface area contributed by atoms with E-state index < -0.39 is 0 Å². The van der Waals surface area contributed by atoms with Crippen molar-refractivity contribution in [3.63, 3.8) is 0 Å². The molecule has 2 aromatic carbocycles. The predicted octanol–water partition coefficient (Wildman–Crippen LogP) is 4.69. The number of rotatable bonds is 8. The molecule has 0 radical (unpaired) electrons. The summed E-state index contributed by atoms with van der Waals surface area (Å²) in [6.45, 7) is 8.57. The van der Waals surface area contributed by atoms with Crippen LogP contribution in [0, 0.1) is 5.92 Å². The summed E-state index contributed by atoms with van der Waals surface area (Å²) in [5.74, 6) is 1.34. The molecular weight excluding hydrogens is 506 g/mol. The van der Waals surface area contributed by atoms with E-state index >= 15 is 0 Å². The summed E-state index contributed by atoms with van der Waals surface area (Å²) in [5.41, 5.74) is 2.65. The van der Waals surface area contributed by atoms with Gasteiger partial charge in [-0.3, -0.25) is 9.69 Å². The van der Waals surface area contributed by atoms with Gasteiger partial charge in [0, 0.05) is 51.9 Å². The predicted molar refractivity (Wildman–Crippen MR) is 161 cm³/mol. The van der Waals surface area contributed by atoms with E-state index in [0.29, 0.717) is 24.5 Å². The van der Waals surface area contributed by atoms with Gasteiger partial charge in [0.1, 0.15) is 11.5 Å². The highest BCUT2D eigenvalue weighted by molar-refractivity contribution is 5.98. The third-order valence-corrected chi connectivity index (χ3v) is 7.65. The molecule has 0 saturated heterocycles. The van der Waals surface area contributed by atoms with Crippen LogP contribution in [0.2, 0.25) is 0 Å². The molecule has 0 aromatic heterocycles. The number of carbonyl (C=O) groups is 1. The Morgan fingerprint density at radius 2 is 1.82 bits per heavy atom. The van der Waals surface area contributed by atoms with Gasteiger partial charge in [-0.2, -0.15) is 0 Å². The van der Waals surface area contributed by atoms with Gasteiger partial charge < -0.3 is 29.1 Å². The second-order valence-electron chi connectivity index (χ2n) is 11.4. The first-order chi connectivity index (χ1) is 19.1. The van der Waals surface area contributed by atoms with Crippen molar-refractivity contribution >= 4 is 11.6 Å². The molecule has 1 amide bonds. The highest BCUT2D eigenvalue weighted by atomic mass is 16.5. The number of ether oxygens (including phenoxy) is 3. The van der Waals surface area contributed by atoms with Gasteiger partial charge in [-0.15, -0.1) is 0 Å². The van der Waals surface area contributed by atoms with E-state index in [1.54, 1.807) is 12.0 Å². The van der Waals surface area contributed by atoms with Crippen molar-refractivity contribution in [1.82, 2.24) is 9.80 Å². The average Bonchev–Trinajstić information content (AvgIpc) is 2.94. The van der Waals surface area contributed by atoms with Gasteiger partial charge in [-0.1, -0.05) is 19.1 Å². The monoisotopic (exact) mass is 555 g/mol. The number of methoxy groups -OCH3 is 1. The summed E-state index contributed by atoms with van der Waals surface area (Å²) >= 11 is 0. The molecule has 1 aliphatic heterocycles. The zero-order chi connectivity index (χ0) is 29.2. The number of amides is 1. The third-order valence-electron chi connectivity index (χ3n) is 7.65. The molecule has 1 heterocycles. The van der Waals surface area contributed by atoms with Crippen LogP contribution in [-0.2, 0) is 11.3 Å². The molecule has 1 aliphatic rings. The number of benzene rings is 2. The molecule has 40 heavy (non-hydrogen) atoms. The van der Waals surface area contributed by atoms with Crippen LogP contribution in [0.4, 0.5) is 5.69 Å². The molecule has 0 unspecified atom stereocenters. The lowest BCUT2D eigenvalue weighted by Gasteiger charge is -2.36. The summed E-state index contributed by atoms with van der Waals surface area (Å²) in [4.78, 5) is 20.1. The standard InChI is InChI=1S/C32H49N3O5/c1-23-19-35(24(2)22-36)32(37)29-18-27(33(4)5)13-16-30(29)40-25(3)10-8-9-17-39-31(23)21-34(6)20-26-11-14-28(38-7)15-12-26/h11-16,18,23-25,31,36H,8-10,17,19-22H2,1-7H3/t23-,24+,25-,31+/m1/s1. The number of aliphatic hydroxyl groups is 1. The Morgan fingerprint density at radius 1 is 1.10 bits per heavy atom. The molecule has 1 N–H and O–H groups in total. The molecule has 8 nitrogen and oxygen atoms in total. The number of aliphatic hydroxyl groups excluding tert-OH is 1. The maximum atomic E-state index is 14.1. The van der Waals surface area contributed by atoms with E-state index in [-0.39, 0.29) is 36.7 Å². The fraction of sp³-hybridized carbons (Fsp3) is 0.594. The molecule has 0 aliphatic carbocycles. The molecule has 2 aromatic rings. The minimum atomic E-state index is -0.353. The summed E-state index contributed by atoms with van der Waals surface area (Å²) < 4.78 is 18.1. The quantitative estimate of drug-likeness (QED) is 0.507. The van der Waals surface area contributed by atoms with Crippen LogP contribution in [-0.4, -0.2) is 93.6 Å². The van der Waals surface area contributed by atoms with Crippen molar-refractivity contribution in [3.05, 3.63) is 53.6 Å². The van der Waals surface area contributed by atoms with E-state index in [1.165, 1.54) is 5.56 Å². The van der Waals surface area contributed by atoms with Gasteiger partial charge in [0.25, 0.3) is 5.91 Å². The van der Waals surface area contributed by atoms with Crippen molar-refractivity contribution in [2.75, 3.05) is 59.5 Å². The number of likely N-dealkylation sites (N-methyl/N-ethyl adjacent to an activating group) is 1. The fourth-order valence-corrected chi connectivity index (χ4v) is 5.07. The molecule has 8 heteroatoms. The molecule has 0 saturated carbocycles. The van der Waals surface area contributed by atoms with Gasteiger partial charge in [0.2, 0.25) is 0 Å². The lowest BCUT2D eigenvalue weighted by atomic mass is 10.0. The number of fused-ring (bicyclic) bond motifs is 1. The van der Waals surface area contributed by atoms with E-state index in [0.717, 1.165) is 43.8 Å². The Labute approximate surface area is 240 Å². The van der Waals surface area contributed by atoms with Gasteiger partial charge in [0.15, 0.2) is 0 Å². The van der Waals surface area contributed by atoms with Gasteiger partial charge in [0.05, 0.1) is 37.5 Å². The summed E-state index contributed by atoms with van der Waals surface area (Å²) in [6.07, 6.45) is 2.70. The number of nitrogens with zero attached hydrogens (tertiary/aromatic N) is 3. The van der Waals surface area contributed by atoms with Crippen LogP contribution in [0.15, 0.2) is 42.5 Å². The maximum Gasteiger partial charge on any atom is 0.258 e. The topological polar surface area (TPSA) is 74.7 Å². The van der Waals surface area contributed by atoms with Crippen molar-refractivity contribution in [3.8, 4) is 11.5 Å². The van der Waals surface area contributed by atoms with Crippen LogP contribution in [0.1, 0.15) is 56.0 Å². The Balaban J connectivity index is 1.87. The normalized spacial score (nSPS) is 21.8. The Kier molecular flexibility index (Phi) is 12.1.